The highest BCUT2D eigenvalue weighted by molar-refractivity contribution is 8.14. The van der Waals surface area contributed by atoms with Gasteiger partial charge in [-0.1, -0.05) is 11.3 Å². The summed E-state index contributed by atoms with van der Waals surface area (Å²) < 4.78 is 64.2. The second-order valence-electron chi connectivity index (χ2n) is 7.75. The molecule has 0 saturated carbocycles. The number of aryl methyl sites for hydroxylation is 1. The Hall–Kier alpha value is -3.15. The van der Waals surface area contributed by atoms with Gasteiger partial charge in [-0.05, 0) is 32.0 Å². The predicted octanol–water partition coefficient (Wildman–Crippen LogP) is 3.33. The van der Waals surface area contributed by atoms with Crippen molar-refractivity contribution in [2.24, 2.45) is 0 Å². The summed E-state index contributed by atoms with van der Waals surface area (Å²) in [6.45, 7) is 3.15. The molecule has 2 aromatic heterocycles. The van der Waals surface area contributed by atoms with E-state index in [0.29, 0.717) is 28.0 Å². The molecule has 3 aromatic rings. The third-order valence-electron chi connectivity index (χ3n) is 4.43. The molecule has 0 aliphatic heterocycles. The number of hydrogen-bond acceptors (Lipinski definition) is 7. The minimum atomic E-state index is -4.83. The lowest BCUT2D eigenvalue weighted by atomic mass is 10.1. The number of nitrogens with zero attached hydrogens (tertiary/aromatic N) is 5. The van der Waals surface area contributed by atoms with Crippen LogP contribution >= 0.6 is 11.3 Å². The molecule has 0 bridgehead atoms. The summed E-state index contributed by atoms with van der Waals surface area (Å²) in [5, 5.41) is 16.1. The minimum absolute atomic E-state index is 0.238. The Morgan fingerprint density at radius 3 is 2.55 bits per heavy atom. The Kier molecular flexibility index (Phi) is 5.95. The maximum absolute atomic E-state index is 13.4. The van der Waals surface area contributed by atoms with Crippen molar-refractivity contribution >= 4 is 26.6 Å². The molecule has 0 unspecified atom stereocenters. The molecule has 33 heavy (non-hydrogen) atoms. The quantitative estimate of drug-likeness (QED) is 0.549. The molecule has 1 aromatic carbocycles. The first-order valence-electron chi connectivity index (χ1n) is 9.25. The molecule has 14 heteroatoms. The van der Waals surface area contributed by atoms with Gasteiger partial charge in [0.05, 0.1) is 22.7 Å². The molecule has 1 amide bonds. The normalized spacial score (nSPS) is 14.2. The number of halogens is 3. The van der Waals surface area contributed by atoms with Crippen LogP contribution in [0.2, 0.25) is 0 Å². The van der Waals surface area contributed by atoms with Crippen LogP contribution in [0.1, 0.15) is 45.4 Å². The molecule has 2 heterocycles. The number of carbonyl (C=O) groups excluding carboxylic acids is 1. The van der Waals surface area contributed by atoms with Gasteiger partial charge in [0.25, 0.3) is 5.91 Å². The van der Waals surface area contributed by atoms with E-state index in [9.17, 15) is 26.7 Å². The first kappa shape index (κ1) is 24.5. The van der Waals surface area contributed by atoms with Crippen LogP contribution in [-0.4, -0.2) is 46.9 Å². The topological polar surface area (TPSA) is 134 Å². The summed E-state index contributed by atoms with van der Waals surface area (Å²) in [6.07, 6.45) is -1.66. The van der Waals surface area contributed by atoms with Gasteiger partial charge in [0, 0.05) is 18.1 Å². The molecule has 9 nitrogen and oxygen atoms in total. The second kappa shape index (κ2) is 8.01. The van der Waals surface area contributed by atoms with Crippen molar-refractivity contribution in [1.82, 2.24) is 25.1 Å². The summed E-state index contributed by atoms with van der Waals surface area (Å²) in [6, 6.07) is 3.26. The summed E-state index contributed by atoms with van der Waals surface area (Å²) >= 11 is 1.05. The maximum atomic E-state index is 13.4. The fourth-order valence-corrected chi connectivity index (χ4v) is 4.44. The van der Waals surface area contributed by atoms with Gasteiger partial charge in [0.2, 0.25) is 5.13 Å². The van der Waals surface area contributed by atoms with Gasteiger partial charge in [-0.25, -0.2) is 14.2 Å². The summed E-state index contributed by atoms with van der Waals surface area (Å²) in [5.74, 6) is -0.321. The van der Waals surface area contributed by atoms with Gasteiger partial charge in [-0.15, -0.1) is 5.10 Å². The van der Waals surface area contributed by atoms with E-state index in [4.69, 9.17) is 5.26 Å². The largest absolute Gasteiger partial charge is 0.416 e. The number of thiazole rings is 1. The fourth-order valence-electron chi connectivity index (χ4n) is 2.84. The van der Waals surface area contributed by atoms with E-state index in [0.717, 1.165) is 29.9 Å². The highest BCUT2D eigenvalue weighted by atomic mass is 32.3. The SMILES string of the molecule is Cc1nc([C@H](C)NC(=O)c2cc(C(F)(F)F)cc(S(C)(C)(=O)O)c2)n(-c2ncc(C#N)s2)n1. The Labute approximate surface area is 190 Å². The predicted molar refractivity (Wildman–Crippen MR) is 115 cm³/mol. The number of rotatable bonds is 5. The molecule has 0 spiro atoms. The van der Waals surface area contributed by atoms with Crippen molar-refractivity contribution in [2.75, 3.05) is 12.5 Å². The number of nitrogens with one attached hydrogen (secondary N) is 1. The first-order chi connectivity index (χ1) is 15.0. The zero-order chi connectivity index (χ0) is 24.8. The van der Waals surface area contributed by atoms with Gasteiger partial charge < -0.3 is 5.32 Å². The fraction of sp³-hybridized carbons (Fsp3) is 0.316. The molecule has 0 aliphatic rings. The first-order valence-corrected chi connectivity index (χ1v) is 12.8. The number of benzene rings is 1. The maximum Gasteiger partial charge on any atom is 0.416 e. The lowest BCUT2D eigenvalue weighted by molar-refractivity contribution is -0.137. The van der Waals surface area contributed by atoms with Crippen LogP contribution in [0.15, 0.2) is 29.3 Å². The summed E-state index contributed by atoms with van der Waals surface area (Å²) in [5.41, 5.74) is -1.66. The molecular formula is C19H19F3N6O3S2. The highest BCUT2D eigenvalue weighted by Crippen LogP contribution is 2.35. The van der Waals surface area contributed by atoms with Gasteiger partial charge >= 0.3 is 6.18 Å². The van der Waals surface area contributed by atoms with Crippen LogP contribution in [0.3, 0.4) is 0 Å². The Morgan fingerprint density at radius 2 is 2.00 bits per heavy atom. The van der Waals surface area contributed by atoms with E-state index < -0.39 is 43.5 Å². The molecule has 1 atom stereocenters. The van der Waals surface area contributed by atoms with Gasteiger partial charge in [0.1, 0.15) is 16.8 Å². The molecule has 176 valence electrons. The number of amides is 1. The van der Waals surface area contributed by atoms with Crippen LogP contribution in [0.4, 0.5) is 13.2 Å². The minimum Gasteiger partial charge on any atom is -0.342 e. The molecule has 3 rings (SSSR count). The van der Waals surface area contributed by atoms with Crippen molar-refractivity contribution in [1.29, 1.82) is 5.26 Å². The monoisotopic (exact) mass is 500 g/mol. The van der Waals surface area contributed by atoms with E-state index in [1.165, 1.54) is 10.9 Å². The zero-order valence-corrected chi connectivity index (χ0v) is 19.5. The Morgan fingerprint density at radius 1 is 1.33 bits per heavy atom. The zero-order valence-electron chi connectivity index (χ0n) is 17.8. The van der Waals surface area contributed by atoms with Crippen molar-refractivity contribution < 1.29 is 26.7 Å². The van der Waals surface area contributed by atoms with Crippen molar-refractivity contribution in [3.63, 3.8) is 0 Å². The molecule has 2 N–H and O–H groups in total. The van der Waals surface area contributed by atoms with E-state index in [1.807, 2.05) is 6.07 Å². The summed E-state index contributed by atoms with van der Waals surface area (Å²) in [7, 11) is -4.57. The molecule has 0 aliphatic carbocycles. The van der Waals surface area contributed by atoms with Crippen LogP contribution < -0.4 is 5.32 Å². The van der Waals surface area contributed by atoms with Crippen molar-refractivity contribution in [3.05, 3.63) is 52.0 Å². The Balaban J connectivity index is 1.98. The number of alkyl halides is 3. The van der Waals surface area contributed by atoms with Gasteiger partial charge in [0.15, 0.2) is 5.82 Å². The molecular weight excluding hydrogens is 481 g/mol. The van der Waals surface area contributed by atoms with E-state index in [-0.39, 0.29) is 5.82 Å². The second-order valence-corrected chi connectivity index (χ2v) is 12.8. The Bertz CT molecular complexity index is 1340. The van der Waals surface area contributed by atoms with E-state index in [2.05, 4.69) is 20.4 Å². The lowest BCUT2D eigenvalue weighted by Crippen LogP contribution is -2.31. The third kappa shape index (κ3) is 5.44. The number of aromatic nitrogens is 4. The van der Waals surface area contributed by atoms with Gasteiger partial charge in [-0.3, -0.25) is 9.35 Å². The van der Waals surface area contributed by atoms with E-state index in [1.54, 1.807) is 13.8 Å². The van der Waals surface area contributed by atoms with Crippen LogP contribution in [0, 0.1) is 18.3 Å². The van der Waals surface area contributed by atoms with Crippen LogP contribution in [0.25, 0.3) is 5.13 Å². The molecule has 0 radical (unpaired) electrons. The summed E-state index contributed by atoms with van der Waals surface area (Å²) in [4.78, 5) is 21.0. The van der Waals surface area contributed by atoms with Crippen molar-refractivity contribution in [3.8, 4) is 11.2 Å². The lowest BCUT2D eigenvalue weighted by Gasteiger charge is -2.34. The smallest absolute Gasteiger partial charge is 0.342 e. The molecule has 0 saturated heterocycles. The standard InChI is InChI=1S/C19H19F3N6O3S2/c1-10(16-26-11(2)27-28(16)18-24-9-14(8-23)32-18)25-17(29)12-5-13(19(20,21)22)7-15(6-12)33(3,4,30)31/h5-7,9-10H,1-4H3,(H,25,29)(H,30,31)/t10-/m0/s1. The highest BCUT2D eigenvalue weighted by Gasteiger charge is 2.34. The molecule has 0 fully saturated rings. The number of nitriles is 1. The third-order valence-corrected chi connectivity index (χ3v) is 6.89. The number of hydrogen-bond donors (Lipinski definition) is 2. The number of carbonyl (C=O) groups is 1. The van der Waals surface area contributed by atoms with Crippen molar-refractivity contribution in [2.45, 2.75) is 31.0 Å². The average molecular weight is 501 g/mol. The van der Waals surface area contributed by atoms with Crippen LogP contribution in [-0.2, 0) is 15.5 Å². The van der Waals surface area contributed by atoms with E-state index >= 15 is 0 Å². The van der Waals surface area contributed by atoms with Gasteiger partial charge in [-0.2, -0.15) is 32.5 Å². The van der Waals surface area contributed by atoms with Crippen LogP contribution in [0.5, 0.6) is 0 Å². The average Bonchev–Trinajstić information content (AvgIpc) is 3.31.